The third-order valence-corrected chi connectivity index (χ3v) is 2.04. The molecule has 0 aliphatic heterocycles. The second-order valence-electron chi connectivity index (χ2n) is 3.61. The van der Waals surface area contributed by atoms with E-state index in [4.69, 9.17) is 0 Å². The van der Waals surface area contributed by atoms with E-state index in [1.54, 1.807) is 37.1 Å². The Bertz CT molecular complexity index is 385. The van der Waals surface area contributed by atoms with E-state index in [0.29, 0.717) is 12.1 Å². The number of phenols is 1. The second kappa shape index (κ2) is 4.64. The van der Waals surface area contributed by atoms with E-state index in [0.717, 1.165) is 5.56 Å². The molecule has 0 atom stereocenters. The number of likely N-dealkylation sites (N-methyl/N-ethyl adjacent to an activating group) is 1. The molecule has 0 aliphatic rings. The van der Waals surface area contributed by atoms with Gasteiger partial charge in [-0.15, -0.1) is 0 Å². The maximum atomic E-state index is 11.5. The molecule has 1 rings (SSSR count). The Morgan fingerprint density at radius 2 is 2.20 bits per heavy atom. The topological polar surface area (TPSA) is 40.5 Å². The predicted octanol–water partition coefficient (Wildman–Crippen LogP) is 1.93. The third-order valence-electron chi connectivity index (χ3n) is 2.04. The molecule has 1 N–H and O–H groups in total. The molecule has 80 valence electrons. The van der Waals surface area contributed by atoms with Crippen molar-refractivity contribution in [3.63, 3.8) is 0 Å². The van der Waals surface area contributed by atoms with Crippen LogP contribution in [0.2, 0.25) is 0 Å². The first-order chi connectivity index (χ1) is 7.00. The SMILES string of the molecule is C=C(C)C(=O)N(C)Cc1cccc(O)c1. The van der Waals surface area contributed by atoms with E-state index < -0.39 is 0 Å². The molecule has 3 nitrogen and oxygen atoms in total. The number of nitrogens with zero attached hydrogens (tertiary/aromatic N) is 1. The van der Waals surface area contributed by atoms with Crippen LogP contribution in [0.4, 0.5) is 0 Å². The lowest BCUT2D eigenvalue weighted by Gasteiger charge is -2.17. The summed E-state index contributed by atoms with van der Waals surface area (Å²) in [5.41, 5.74) is 1.41. The lowest BCUT2D eigenvalue weighted by molar-refractivity contribution is -0.126. The van der Waals surface area contributed by atoms with Crippen molar-refractivity contribution in [2.45, 2.75) is 13.5 Å². The summed E-state index contributed by atoms with van der Waals surface area (Å²) in [6.07, 6.45) is 0. The average molecular weight is 205 g/mol. The van der Waals surface area contributed by atoms with E-state index >= 15 is 0 Å². The molecule has 0 spiro atoms. The van der Waals surface area contributed by atoms with Crippen LogP contribution in [-0.2, 0) is 11.3 Å². The molecule has 0 unspecified atom stereocenters. The monoisotopic (exact) mass is 205 g/mol. The number of phenolic OH excluding ortho intramolecular Hbond substituents is 1. The van der Waals surface area contributed by atoms with Crippen molar-refractivity contribution in [3.05, 3.63) is 42.0 Å². The lowest BCUT2D eigenvalue weighted by atomic mass is 10.2. The van der Waals surface area contributed by atoms with Gasteiger partial charge in [-0.1, -0.05) is 18.7 Å². The van der Waals surface area contributed by atoms with E-state index in [1.807, 2.05) is 6.07 Å². The van der Waals surface area contributed by atoms with Gasteiger partial charge in [-0.25, -0.2) is 0 Å². The summed E-state index contributed by atoms with van der Waals surface area (Å²) in [5.74, 6) is 0.127. The predicted molar refractivity (Wildman–Crippen MR) is 59.4 cm³/mol. The smallest absolute Gasteiger partial charge is 0.248 e. The highest BCUT2D eigenvalue weighted by Crippen LogP contribution is 2.13. The zero-order valence-corrected chi connectivity index (χ0v) is 9.03. The van der Waals surface area contributed by atoms with Crippen molar-refractivity contribution in [3.8, 4) is 5.75 Å². The van der Waals surface area contributed by atoms with Crippen LogP contribution in [0.5, 0.6) is 5.75 Å². The summed E-state index contributed by atoms with van der Waals surface area (Å²) in [6, 6.07) is 6.86. The number of carbonyl (C=O) groups excluding carboxylic acids is 1. The Morgan fingerprint density at radius 3 is 2.73 bits per heavy atom. The van der Waals surface area contributed by atoms with E-state index in [9.17, 15) is 9.90 Å². The van der Waals surface area contributed by atoms with Gasteiger partial charge in [0, 0.05) is 19.2 Å². The van der Waals surface area contributed by atoms with Gasteiger partial charge in [0.1, 0.15) is 5.75 Å². The summed E-state index contributed by atoms with van der Waals surface area (Å²) < 4.78 is 0. The Morgan fingerprint density at radius 1 is 1.53 bits per heavy atom. The zero-order valence-electron chi connectivity index (χ0n) is 9.03. The van der Waals surface area contributed by atoms with Crippen molar-refractivity contribution >= 4 is 5.91 Å². The fourth-order valence-electron chi connectivity index (χ4n) is 1.33. The second-order valence-corrected chi connectivity index (χ2v) is 3.61. The van der Waals surface area contributed by atoms with Crippen LogP contribution in [0, 0.1) is 0 Å². The van der Waals surface area contributed by atoms with Gasteiger partial charge in [0.05, 0.1) is 0 Å². The molecule has 1 aromatic rings. The molecule has 0 aliphatic carbocycles. The minimum atomic E-state index is -0.0849. The first-order valence-corrected chi connectivity index (χ1v) is 4.69. The number of benzene rings is 1. The van der Waals surface area contributed by atoms with Gasteiger partial charge in [0.25, 0.3) is 0 Å². The highest BCUT2D eigenvalue weighted by atomic mass is 16.3. The first-order valence-electron chi connectivity index (χ1n) is 4.69. The van der Waals surface area contributed by atoms with Crippen LogP contribution in [0.15, 0.2) is 36.4 Å². The summed E-state index contributed by atoms with van der Waals surface area (Å²) in [7, 11) is 1.71. The standard InChI is InChI=1S/C12H15NO2/c1-9(2)12(15)13(3)8-10-5-4-6-11(14)7-10/h4-7,14H,1,8H2,2-3H3. The Kier molecular flexibility index (Phi) is 3.50. The molecule has 15 heavy (non-hydrogen) atoms. The Balaban J connectivity index is 2.70. The first kappa shape index (κ1) is 11.3. The van der Waals surface area contributed by atoms with Crippen LogP contribution in [-0.4, -0.2) is 23.0 Å². The van der Waals surface area contributed by atoms with Crippen molar-refractivity contribution in [2.75, 3.05) is 7.05 Å². The number of aromatic hydroxyl groups is 1. The minimum absolute atomic E-state index is 0.0849. The average Bonchev–Trinajstić information content (AvgIpc) is 2.16. The van der Waals surface area contributed by atoms with Crippen LogP contribution in [0.1, 0.15) is 12.5 Å². The van der Waals surface area contributed by atoms with E-state index in [-0.39, 0.29) is 11.7 Å². The quantitative estimate of drug-likeness (QED) is 0.766. The summed E-state index contributed by atoms with van der Waals surface area (Å²) in [5, 5.41) is 9.25. The number of rotatable bonds is 3. The Labute approximate surface area is 89.6 Å². The van der Waals surface area contributed by atoms with Crippen molar-refractivity contribution in [2.24, 2.45) is 0 Å². The van der Waals surface area contributed by atoms with Crippen molar-refractivity contribution < 1.29 is 9.90 Å². The molecule has 0 bridgehead atoms. The number of carbonyl (C=O) groups is 1. The summed E-state index contributed by atoms with van der Waals surface area (Å²) in [4.78, 5) is 13.1. The molecule has 0 heterocycles. The zero-order chi connectivity index (χ0) is 11.4. The molecule has 1 aromatic carbocycles. The summed E-state index contributed by atoms with van der Waals surface area (Å²) >= 11 is 0. The highest BCUT2D eigenvalue weighted by molar-refractivity contribution is 5.91. The van der Waals surface area contributed by atoms with Gasteiger partial charge >= 0.3 is 0 Å². The number of hydrogen-bond donors (Lipinski definition) is 1. The molecular formula is C12H15NO2. The molecule has 0 saturated carbocycles. The Hall–Kier alpha value is -1.77. The minimum Gasteiger partial charge on any atom is -0.508 e. The fourth-order valence-corrected chi connectivity index (χ4v) is 1.33. The number of hydrogen-bond acceptors (Lipinski definition) is 2. The normalized spacial score (nSPS) is 9.73. The molecule has 3 heteroatoms. The highest BCUT2D eigenvalue weighted by Gasteiger charge is 2.09. The van der Waals surface area contributed by atoms with Crippen LogP contribution in [0.3, 0.4) is 0 Å². The lowest BCUT2D eigenvalue weighted by Crippen LogP contribution is -2.26. The van der Waals surface area contributed by atoms with Crippen LogP contribution < -0.4 is 0 Å². The molecule has 0 radical (unpaired) electrons. The number of amides is 1. The molecule has 1 amide bonds. The van der Waals surface area contributed by atoms with Gasteiger partial charge in [-0.3, -0.25) is 4.79 Å². The van der Waals surface area contributed by atoms with Crippen LogP contribution in [0.25, 0.3) is 0 Å². The van der Waals surface area contributed by atoms with Crippen LogP contribution >= 0.6 is 0 Å². The maximum Gasteiger partial charge on any atom is 0.248 e. The third kappa shape index (κ3) is 3.13. The van der Waals surface area contributed by atoms with Crippen molar-refractivity contribution in [1.82, 2.24) is 4.90 Å². The molecule has 0 saturated heterocycles. The largest absolute Gasteiger partial charge is 0.508 e. The summed E-state index contributed by atoms with van der Waals surface area (Å²) in [6.45, 7) is 5.75. The van der Waals surface area contributed by atoms with Gasteiger partial charge in [-0.2, -0.15) is 0 Å². The fraction of sp³-hybridized carbons (Fsp3) is 0.250. The van der Waals surface area contributed by atoms with Gasteiger partial charge < -0.3 is 10.0 Å². The van der Waals surface area contributed by atoms with E-state index in [1.165, 1.54) is 0 Å². The molecule has 0 aromatic heterocycles. The van der Waals surface area contributed by atoms with Gasteiger partial charge in [0.15, 0.2) is 0 Å². The van der Waals surface area contributed by atoms with Gasteiger partial charge in [-0.05, 0) is 24.6 Å². The molecular weight excluding hydrogens is 190 g/mol. The molecule has 0 fully saturated rings. The maximum absolute atomic E-state index is 11.5. The van der Waals surface area contributed by atoms with Crippen molar-refractivity contribution in [1.29, 1.82) is 0 Å². The van der Waals surface area contributed by atoms with E-state index in [2.05, 4.69) is 6.58 Å². The van der Waals surface area contributed by atoms with Gasteiger partial charge in [0.2, 0.25) is 5.91 Å².